The molecule has 3 N–H and O–H groups in total. The van der Waals surface area contributed by atoms with Crippen LogP contribution in [0.2, 0.25) is 0 Å². The highest BCUT2D eigenvalue weighted by molar-refractivity contribution is 5.92. The average Bonchev–Trinajstić information content (AvgIpc) is 2.83. The van der Waals surface area contributed by atoms with Gasteiger partial charge in [-0.2, -0.15) is 0 Å². The first kappa shape index (κ1) is 29.7. The fourth-order valence-corrected chi connectivity index (χ4v) is 3.92. The third-order valence-electron chi connectivity index (χ3n) is 5.62. The zero-order chi connectivity index (χ0) is 27.4. The molecule has 0 fully saturated rings. The summed E-state index contributed by atoms with van der Waals surface area (Å²) in [6, 6.07) is 13.8. The number of aromatic hydroxyl groups is 1. The molecule has 0 aliphatic carbocycles. The highest BCUT2D eigenvalue weighted by Crippen LogP contribution is 2.25. The molecular formula is C29H41N3O5. The molecule has 2 aromatic carbocycles. The van der Waals surface area contributed by atoms with E-state index in [1.54, 1.807) is 32.9 Å². The van der Waals surface area contributed by atoms with Crippen LogP contribution in [0.3, 0.4) is 0 Å². The molecule has 0 saturated carbocycles. The summed E-state index contributed by atoms with van der Waals surface area (Å²) in [4.78, 5) is 41.7. The molecular weight excluding hydrogens is 470 g/mol. The number of phenols is 1. The normalized spacial score (nSPS) is 12.8. The molecule has 0 heterocycles. The molecule has 0 aromatic heterocycles. The van der Waals surface area contributed by atoms with Crippen molar-refractivity contribution in [3.8, 4) is 5.75 Å². The van der Waals surface area contributed by atoms with E-state index in [0.717, 1.165) is 18.4 Å². The molecule has 2 rings (SSSR count). The molecule has 0 radical (unpaired) electrons. The molecule has 2 atom stereocenters. The van der Waals surface area contributed by atoms with Crippen molar-refractivity contribution in [3.05, 3.63) is 65.7 Å². The largest absolute Gasteiger partial charge is 0.508 e. The molecule has 0 aliphatic heterocycles. The lowest BCUT2D eigenvalue weighted by atomic mass is 10.00. The second-order valence-corrected chi connectivity index (χ2v) is 10.1. The Labute approximate surface area is 220 Å². The van der Waals surface area contributed by atoms with E-state index in [2.05, 4.69) is 10.6 Å². The van der Waals surface area contributed by atoms with Crippen LogP contribution in [-0.2, 0) is 20.7 Å². The van der Waals surface area contributed by atoms with E-state index < -0.39 is 23.8 Å². The molecule has 0 saturated heterocycles. The van der Waals surface area contributed by atoms with Crippen LogP contribution >= 0.6 is 0 Å². The minimum absolute atomic E-state index is 0.0656. The number of hydrogen-bond donors (Lipinski definition) is 3. The first-order valence-electron chi connectivity index (χ1n) is 13.0. The van der Waals surface area contributed by atoms with Gasteiger partial charge in [-0.15, -0.1) is 0 Å². The maximum absolute atomic E-state index is 14.1. The first-order chi connectivity index (χ1) is 17.6. The van der Waals surface area contributed by atoms with Crippen LogP contribution in [0, 0.1) is 0 Å². The molecule has 2 unspecified atom stereocenters. The number of nitrogens with one attached hydrogen (secondary N) is 2. The molecule has 0 bridgehead atoms. The van der Waals surface area contributed by atoms with E-state index >= 15 is 0 Å². The van der Waals surface area contributed by atoms with E-state index in [-0.39, 0.29) is 24.0 Å². The molecule has 3 amide bonds. The van der Waals surface area contributed by atoms with Crippen molar-refractivity contribution in [1.29, 1.82) is 0 Å². The summed E-state index contributed by atoms with van der Waals surface area (Å²) in [7, 11) is 0. The molecule has 8 heteroatoms. The molecule has 37 heavy (non-hydrogen) atoms. The van der Waals surface area contributed by atoms with Crippen LogP contribution in [0.25, 0.3) is 0 Å². The number of rotatable bonds is 12. The average molecular weight is 512 g/mol. The number of amides is 3. The number of ether oxygens (including phenoxy) is 1. The summed E-state index contributed by atoms with van der Waals surface area (Å²) in [5, 5.41) is 15.5. The number of carbonyl (C=O) groups excluding carboxylic acids is 3. The van der Waals surface area contributed by atoms with Gasteiger partial charge in [0.2, 0.25) is 11.8 Å². The van der Waals surface area contributed by atoms with E-state index in [4.69, 9.17) is 4.74 Å². The van der Waals surface area contributed by atoms with Gasteiger partial charge in [-0.1, -0.05) is 62.7 Å². The Morgan fingerprint density at radius 3 is 2.19 bits per heavy atom. The van der Waals surface area contributed by atoms with Crippen LogP contribution in [0.4, 0.5) is 4.79 Å². The van der Waals surface area contributed by atoms with E-state index in [9.17, 15) is 19.5 Å². The van der Waals surface area contributed by atoms with Crippen LogP contribution < -0.4 is 10.6 Å². The number of carbonyl (C=O) groups is 3. The molecule has 8 nitrogen and oxygen atoms in total. The summed E-state index contributed by atoms with van der Waals surface area (Å²) in [5.41, 5.74) is 0.702. The van der Waals surface area contributed by atoms with Gasteiger partial charge in [0.1, 0.15) is 23.4 Å². The van der Waals surface area contributed by atoms with Crippen molar-refractivity contribution >= 4 is 17.9 Å². The summed E-state index contributed by atoms with van der Waals surface area (Å²) >= 11 is 0. The number of hydrogen-bond acceptors (Lipinski definition) is 5. The smallest absolute Gasteiger partial charge is 0.408 e. The van der Waals surface area contributed by atoms with Crippen molar-refractivity contribution in [3.63, 3.8) is 0 Å². The van der Waals surface area contributed by atoms with Gasteiger partial charge >= 0.3 is 6.09 Å². The van der Waals surface area contributed by atoms with Gasteiger partial charge < -0.3 is 25.4 Å². The lowest BCUT2D eigenvalue weighted by Gasteiger charge is -2.34. The quantitative estimate of drug-likeness (QED) is 0.357. The van der Waals surface area contributed by atoms with Crippen molar-refractivity contribution < 1.29 is 24.2 Å². The standard InChI is InChI=1S/C29H41N3O5/c1-6-8-18-30-26(34)25(22-14-16-23(33)17-15-22)32(19-7-2)27(35)24(20-21-12-10-9-11-13-21)31-28(36)37-29(3,4)5/h9-17,24-25,33H,6-8,18-20H2,1-5H3,(H,30,34)(H,31,36). The fraction of sp³-hybridized carbons (Fsp3) is 0.483. The number of benzene rings is 2. The van der Waals surface area contributed by atoms with Gasteiger partial charge in [0.05, 0.1) is 0 Å². The van der Waals surface area contributed by atoms with Crippen molar-refractivity contribution in [2.24, 2.45) is 0 Å². The number of phenolic OH excluding ortho intramolecular Hbond substituents is 1. The summed E-state index contributed by atoms with van der Waals surface area (Å²) < 4.78 is 5.44. The minimum Gasteiger partial charge on any atom is -0.508 e. The molecule has 0 aliphatic rings. The Morgan fingerprint density at radius 2 is 1.62 bits per heavy atom. The second kappa shape index (κ2) is 14.3. The predicted molar refractivity (Wildman–Crippen MR) is 144 cm³/mol. The highest BCUT2D eigenvalue weighted by Gasteiger charge is 2.36. The van der Waals surface area contributed by atoms with Gasteiger partial charge in [-0.3, -0.25) is 9.59 Å². The van der Waals surface area contributed by atoms with Crippen LogP contribution in [-0.4, -0.2) is 52.6 Å². The number of alkyl carbamates (subject to hydrolysis) is 1. The van der Waals surface area contributed by atoms with Gasteiger partial charge in [-0.25, -0.2) is 4.79 Å². The van der Waals surface area contributed by atoms with Crippen molar-refractivity contribution in [2.45, 2.75) is 78.0 Å². The van der Waals surface area contributed by atoms with Crippen LogP contribution in [0.5, 0.6) is 5.75 Å². The Balaban J connectivity index is 2.46. The molecule has 202 valence electrons. The number of unbranched alkanes of at least 4 members (excludes halogenated alkanes) is 1. The lowest BCUT2D eigenvalue weighted by Crippen LogP contribution is -2.54. The Hall–Kier alpha value is -3.55. The van der Waals surface area contributed by atoms with E-state index in [0.29, 0.717) is 25.1 Å². The van der Waals surface area contributed by atoms with E-state index in [1.165, 1.54) is 17.0 Å². The maximum Gasteiger partial charge on any atom is 0.408 e. The Morgan fingerprint density at radius 1 is 0.973 bits per heavy atom. The monoisotopic (exact) mass is 511 g/mol. The SMILES string of the molecule is CCCCNC(=O)C(c1ccc(O)cc1)N(CCC)C(=O)C(Cc1ccccc1)NC(=O)OC(C)(C)C. The predicted octanol–water partition coefficient (Wildman–Crippen LogP) is 4.72. The minimum atomic E-state index is -0.952. The van der Waals surface area contributed by atoms with Crippen molar-refractivity contribution in [2.75, 3.05) is 13.1 Å². The summed E-state index contributed by atoms with van der Waals surface area (Å²) in [5.74, 6) is -0.632. The Kier molecular flexibility index (Phi) is 11.4. The zero-order valence-corrected chi connectivity index (χ0v) is 22.6. The van der Waals surface area contributed by atoms with Crippen LogP contribution in [0.15, 0.2) is 54.6 Å². The van der Waals surface area contributed by atoms with Crippen LogP contribution in [0.1, 0.15) is 71.0 Å². The van der Waals surface area contributed by atoms with E-state index in [1.807, 2.05) is 44.2 Å². The van der Waals surface area contributed by atoms with Crippen molar-refractivity contribution in [1.82, 2.24) is 15.5 Å². The summed E-state index contributed by atoms with van der Waals surface area (Å²) in [6.07, 6.45) is 1.87. The molecule has 2 aromatic rings. The third kappa shape index (κ3) is 9.79. The lowest BCUT2D eigenvalue weighted by molar-refractivity contribution is -0.142. The topological polar surface area (TPSA) is 108 Å². The zero-order valence-electron chi connectivity index (χ0n) is 22.6. The second-order valence-electron chi connectivity index (χ2n) is 10.1. The van der Waals surface area contributed by atoms with Gasteiger partial charge in [0.25, 0.3) is 0 Å². The number of nitrogens with zero attached hydrogens (tertiary/aromatic N) is 1. The Bertz CT molecular complexity index is 1000. The van der Waals surface area contributed by atoms with Gasteiger partial charge in [0, 0.05) is 19.5 Å². The maximum atomic E-state index is 14.1. The van der Waals surface area contributed by atoms with Gasteiger partial charge in [-0.05, 0) is 56.9 Å². The third-order valence-corrected chi connectivity index (χ3v) is 5.62. The fourth-order valence-electron chi connectivity index (χ4n) is 3.92. The first-order valence-corrected chi connectivity index (χ1v) is 13.0. The summed E-state index contributed by atoms with van der Waals surface area (Å²) in [6.45, 7) is 10.0. The highest BCUT2D eigenvalue weighted by atomic mass is 16.6. The molecule has 0 spiro atoms. The van der Waals surface area contributed by atoms with Gasteiger partial charge in [0.15, 0.2) is 0 Å².